The number of methoxy groups -OCH3 is 1. The second-order valence-electron chi connectivity index (χ2n) is 4.83. The number of hydrogen-bond acceptors (Lipinski definition) is 5. The van der Waals surface area contributed by atoms with Gasteiger partial charge in [0.1, 0.15) is 11.3 Å². The van der Waals surface area contributed by atoms with Crippen molar-refractivity contribution in [2.45, 2.75) is 26.2 Å². The van der Waals surface area contributed by atoms with E-state index in [1.54, 1.807) is 25.1 Å². The SMILES string of the molecule is COC(=O)C[C@@H](C)c1c(O)c2cc(C)ccc2oc1=O. The molecule has 5 heteroatoms. The normalized spacial score (nSPS) is 12.3. The van der Waals surface area contributed by atoms with Crippen LogP contribution in [0.2, 0.25) is 0 Å². The van der Waals surface area contributed by atoms with E-state index in [-0.39, 0.29) is 17.7 Å². The van der Waals surface area contributed by atoms with E-state index in [0.29, 0.717) is 11.0 Å². The topological polar surface area (TPSA) is 76.7 Å². The number of ether oxygens (including phenoxy) is 1. The van der Waals surface area contributed by atoms with Crippen LogP contribution in [0.5, 0.6) is 5.75 Å². The third-order valence-corrected chi connectivity index (χ3v) is 3.26. The lowest BCUT2D eigenvalue weighted by Gasteiger charge is -2.12. The van der Waals surface area contributed by atoms with Gasteiger partial charge in [-0.3, -0.25) is 4.79 Å². The summed E-state index contributed by atoms with van der Waals surface area (Å²) in [6.07, 6.45) is 0.00609. The molecule has 0 aliphatic rings. The highest BCUT2D eigenvalue weighted by atomic mass is 16.5. The molecule has 1 aromatic carbocycles. The van der Waals surface area contributed by atoms with E-state index >= 15 is 0 Å². The van der Waals surface area contributed by atoms with Crippen molar-refractivity contribution < 1.29 is 19.1 Å². The Bertz CT molecular complexity index is 714. The van der Waals surface area contributed by atoms with Gasteiger partial charge in [0, 0.05) is 5.92 Å². The zero-order chi connectivity index (χ0) is 14.9. The first-order chi connectivity index (χ1) is 9.43. The molecule has 106 valence electrons. The first-order valence-corrected chi connectivity index (χ1v) is 6.27. The van der Waals surface area contributed by atoms with Gasteiger partial charge in [0.05, 0.1) is 24.5 Å². The molecular formula is C15H16O5. The molecule has 0 fully saturated rings. The molecular weight excluding hydrogens is 260 g/mol. The Kier molecular flexibility index (Phi) is 3.79. The maximum absolute atomic E-state index is 12.0. The van der Waals surface area contributed by atoms with Crippen molar-refractivity contribution >= 4 is 16.9 Å². The van der Waals surface area contributed by atoms with Crippen LogP contribution in [0, 0.1) is 6.92 Å². The lowest BCUT2D eigenvalue weighted by Crippen LogP contribution is -2.14. The van der Waals surface area contributed by atoms with E-state index in [1.165, 1.54) is 7.11 Å². The Morgan fingerprint density at radius 3 is 2.80 bits per heavy atom. The van der Waals surface area contributed by atoms with Crippen molar-refractivity contribution in [2.75, 3.05) is 7.11 Å². The minimum absolute atomic E-state index is 0.00609. The van der Waals surface area contributed by atoms with Gasteiger partial charge in [-0.25, -0.2) is 4.79 Å². The predicted octanol–water partition coefficient (Wildman–Crippen LogP) is 2.47. The van der Waals surface area contributed by atoms with Crippen LogP contribution in [0.1, 0.15) is 30.4 Å². The molecule has 2 aromatic rings. The van der Waals surface area contributed by atoms with Crippen LogP contribution in [-0.4, -0.2) is 18.2 Å². The average Bonchev–Trinajstić information content (AvgIpc) is 2.39. The molecule has 2 rings (SSSR count). The van der Waals surface area contributed by atoms with Gasteiger partial charge in [-0.15, -0.1) is 0 Å². The average molecular weight is 276 g/mol. The fourth-order valence-corrected chi connectivity index (χ4v) is 2.18. The van der Waals surface area contributed by atoms with Crippen molar-refractivity contribution in [1.29, 1.82) is 0 Å². The molecule has 1 heterocycles. The van der Waals surface area contributed by atoms with E-state index < -0.39 is 17.5 Å². The summed E-state index contributed by atoms with van der Waals surface area (Å²) in [4.78, 5) is 23.3. The highest BCUT2D eigenvalue weighted by Gasteiger charge is 2.22. The Balaban J connectivity index is 2.58. The fourth-order valence-electron chi connectivity index (χ4n) is 2.18. The Morgan fingerprint density at radius 1 is 1.45 bits per heavy atom. The van der Waals surface area contributed by atoms with Gasteiger partial charge in [-0.05, 0) is 19.1 Å². The van der Waals surface area contributed by atoms with Gasteiger partial charge in [0.2, 0.25) is 0 Å². The summed E-state index contributed by atoms with van der Waals surface area (Å²) < 4.78 is 9.77. The zero-order valence-electron chi connectivity index (χ0n) is 11.6. The maximum atomic E-state index is 12.0. The molecule has 0 spiro atoms. The minimum atomic E-state index is -0.629. The highest BCUT2D eigenvalue weighted by Crippen LogP contribution is 2.32. The molecule has 1 N–H and O–H groups in total. The molecule has 0 aliphatic carbocycles. The van der Waals surface area contributed by atoms with Crippen molar-refractivity contribution in [3.05, 3.63) is 39.7 Å². The number of aromatic hydroxyl groups is 1. The first kappa shape index (κ1) is 14.1. The van der Waals surface area contributed by atoms with Gasteiger partial charge in [0.25, 0.3) is 0 Å². The zero-order valence-corrected chi connectivity index (χ0v) is 11.6. The summed E-state index contributed by atoms with van der Waals surface area (Å²) in [7, 11) is 1.28. The van der Waals surface area contributed by atoms with Gasteiger partial charge in [-0.1, -0.05) is 18.6 Å². The Morgan fingerprint density at radius 2 is 2.15 bits per heavy atom. The van der Waals surface area contributed by atoms with Crippen LogP contribution in [-0.2, 0) is 9.53 Å². The van der Waals surface area contributed by atoms with Crippen LogP contribution in [0.4, 0.5) is 0 Å². The fraction of sp³-hybridized carbons (Fsp3) is 0.333. The molecule has 5 nitrogen and oxygen atoms in total. The predicted molar refractivity (Wildman–Crippen MR) is 73.9 cm³/mol. The summed E-state index contributed by atoms with van der Waals surface area (Å²) in [5.74, 6) is -1.05. The molecule has 0 aliphatic heterocycles. The summed E-state index contributed by atoms with van der Waals surface area (Å²) in [6.45, 7) is 3.55. The van der Waals surface area contributed by atoms with Crippen molar-refractivity contribution in [3.8, 4) is 5.75 Å². The number of fused-ring (bicyclic) bond motifs is 1. The van der Waals surface area contributed by atoms with Crippen LogP contribution in [0.3, 0.4) is 0 Å². The van der Waals surface area contributed by atoms with Crippen LogP contribution in [0.15, 0.2) is 27.4 Å². The maximum Gasteiger partial charge on any atom is 0.343 e. The second kappa shape index (κ2) is 5.36. The number of carbonyl (C=O) groups excluding carboxylic acids is 1. The van der Waals surface area contributed by atoms with Gasteiger partial charge < -0.3 is 14.3 Å². The standard InChI is InChI=1S/C15H16O5/c1-8-4-5-11-10(6-8)14(17)13(15(18)20-11)9(2)7-12(16)19-3/h4-6,9,17H,7H2,1-3H3/t9-/m1/s1. The lowest BCUT2D eigenvalue weighted by molar-refractivity contribution is -0.140. The smallest absolute Gasteiger partial charge is 0.343 e. The number of carbonyl (C=O) groups is 1. The van der Waals surface area contributed by atoms with E-state index in [9.17, 15) is 14.7 Å². The molecule has 1 atom stereocenters. The van der Waals surface area contributed by atoms with E-state index in [1.807, 2.05) is 6.92 Å². The van der Waals surface area contributed by atoms with E-state index in [0.717, 1.165) is 5.56 Å². The van der Waals surface area contributed by atoms with E-state index in [4.69, 9.17) is 4.42 Å². The third kappa shape index (κ3) is 2.52. The molecule has 0 radical (unpaired) electrons. The molecule has 0 amide bonds. The number of aryl methyl sites for hydroxylation is 1. The second-order valence-corrected chi connectivity index (χ2v) is 4.83. The van der Waals surface area contributed by atoms with Crippen LogP contribution in [0.25, 0.3) is 11.0 Å². The monoisotopic (exact) mass is 276 g/mol. The first-order valence-electron chi connectivity index (χ1n) is 6.27. The van der Waals surface area contributed by atoms with Gasteiger partial charge >= 0.3 is 11.6 Å². The number of rotatable bonds is 3. The molecule has 0 bridgehead atoms. The van der Waals surface area contributed by atoms with Crippen molar-refractivity contribution in [1.82, 2.24) is 0 Å². The van der Waals surface area contributed by atoms with Crippen molar-refractivity contribution in [2.24, 2.45) is 0 Å². The third-order valence-electron chi connectivity index (χ3n) is 3.26. The lowest BCUT2D eigenvalue weighted by atomic mass is 9.97. The van der Waals surface area contributed by atoms with Crippen LogP contribution >= 0.6 is 0 Å². The number of benzene rings is 1. The molecule has 0 saturated heterocycles. The van der Waals surface area contributed by atoms with Crippen LogP contribution < -0.4 is 5.63 Å². The number of hydrogen-bond donors (Lipinski definition) is 1. The highest BCUT2D eigenvalue weighted by molar-refractivity contribution is 5.85. The molecule has 1 aromatic heterocycles. The van der Waals surface area contributed by atoms with E-state index in [2.05, 4.69) is 4.74 Å². The molecule has 20 heavy (non-hydrogen) atoms. The molecule has 0 saturated carbocycles. The Labute approximate surface area is 115 Å². The Hall–Kier alpha value is -2.30. The molecule has 0 unspecified atom stereocenters. The summed E-state index contributed by atoms with van der Waals surface area (Å²) in [5, 5.41) is 10.8. The minimum Gasteiger partial charge on any atom is -0.507 e. The van der Waals surface area contributed by atoms with Crippen molar-refractivity contribution in [3.63, 3.8) is 0 Å². The van der Waals surface area contributed by atoms with Gasteiger partial charge in [-0.2, -0.15) is 0 Å². The summed E-state index contributed by atoms with van der Waals surface area (Å²) >= 11 is 0. The summed E-state index contributed by atoms with van der Waals surface area (Å²) in [5.41, 5.74) is 0.740. The quantitative estimate of drug-likeness (QED) is 0.688. The largest absolute Gasteiger partial charge is 0.507 e. The number of esters is 1. The van der Waals surface area contributed by atoms with Gasteiger partial charge in [0.15, 0.2) is 0 Å². The summed E-state index contributed by atoms with van der Waals surface area (Å²) in [6, 6.07) is 5.17.